The maximum Gasteiger partial charge on any atom is 0.232 e. The van der Waals surface area contributed by atoms with Crippen LogP contribution in [0.2, 0.25) is 0 Å². The molecule has 0 aliphatic heterocycles. The Balaban J connectivity index is 2.45. The van der Waals surface area contributed by atoms with Crippen LogP contribution in [-0.4, -0.2) is 60.9 Å². The van der Waals surface area contributed by atoms with E-state index >= 15 is 0 Å². The van der Waals surface area contributed by atoms with Crippen molar-refractivity contribution in [2.45, 2.75) is 5.03 Å². The number of methoxy groups -OCH3 is 1. The Bertz CT molecular complexity index is 964. The molecule has 0 atom stereocenters. The van der Waals surface area contributed by atoms with Gasteiger partial charge in [-0.15, -0.1) is 0 Å². The van der Waals surface area contributed by atoms with Crippen molar-refractivity contribution in [2.75, 3.05) is 45.9 Å². The second-order valence-corrected chi connectivity index (χ2v) is 6.91. The molecular weight excluding hydrogens is 392 g/mol. The van der Waals surface area contributed by atoms with E-state index in [0.29, 0.717) is 24.7 Å². The number of hydrogen-bond acceptors (Lipinski definition) is 9. The molecular formula is C19H20N6O3S. The van der Waals surface area contributed by atoms with Crippen LogP contribution in [0.25, 0.3) is 11.3 Å². The van der Waals surface area contributed by atoms with Crippen LogP contribution in [0.15, 0.2) is 23.4 Å². The molecule has 150 valence electrons. The fraction of sp³-hybridized carbons (Fsp3) is 0.316. The summed E-state index contributed by atoms with van der Waals surface area (Å²) >= 11 is 1.09. The molecule has 2 N–H and O–H groups in total. The average Bonchev–Trinajstić information content (AvgIpc) is 2.72. The molecule has 2 aromatic heterocycles. The third-order valence-electron chi connectivity index (χ3n) is 3.80. The summed E-state index contributed by atoms with van der Waals surface area (Å²) in [6.07, 6.45) is 1.49. The zero-order valence-electron chi connectivity index (χ0n) is 16.3. The number of amides is 1. The van der Waals surface area contributed by atoms with Gasteiger partial charge in [-0.05, 0) is 12.1 Å². The van der Waals surface area contributed by atoms with Crippen LogP contribution in [0, 0.1) is 22.7 Å². The zero-order chi connectivity index (χ0) is 21.4. The lowest BCUT2D eigenvalue weighted by molar-refractivity contribution is -0.125. The monoisotopic (exact) mass is 412 g/mol. The average molecular weight is 412 g/mol. The van der Waals surface area contributed by atoms with Gasteiger partial charge in [-0.2, -0.15) is 10.5 Å². The molecule has 10 heteroatoms. The molecule has 0 saturated heterocycles. The van der Waals surface area contributed by atoms with Gasteiger partial charge in [0.15, 0.2) is 0 Å². The Morgan fingerprint density at radius 3 is 2.52 bits per heavy atom. The lowest BCUT2D eigenvalue weighted by Crippen LogP contribution is -2.23. The van der Waals surface area contributed by atoms with Gasteiger partial charge in [0.2, 0.25) is 5.91 Å². The first-order chi connectivity index (χ1) is 13.9. The Morgan fingerprint density at radius 2 is 1.97 bits per heavy atom. The van der Waals surface area contributed by atoms with Crippen LogP contribution in [0.4, 0.5) is 5.82 Å². The van der Waals surface area contributed by atoms with E-state index in [1.165, 1.54) is 11.1 Å². The van der Waals surface area contributed by atoms with Gasteiger partial charge in [-0.25, -0.2) is 4.98 Å². The predicted molar refractivity (Wildman–Crippen MR) is 108 cm³/mol. The van der Waals surface area contributed by atoms with Gasteiger partial charge >= 0.3 is 0 Å². The summed E-state index contributed by atoms with van der Waals surface area (Å²) in [6.45, 7) is 0.805. The third kappa shape index (κ3) is 5.35. The summed E-state index contributed by atoms with van der Waals surface area (Å²) in [5, 5.41) is 19.5. The van der Waals surface area contributed by atoms with Crippen molar-refractivity contribution < 1.29 is 14.3 Å². The van der Waals surface area contributed by atoms with Gasteiger partial charge in [-0.1, -0.05) is 11.8 Å². The number of carbonyl (C=O) groups excluding carboxylic acids is 1. The smallest absolute Gasteiger partial charge is 0.232 e. The first-order valence-corrected chi connectivity index (χ1v) is 9.46. The van der Waals surface area contributed by atoms with E-state index < -0.39 is 0 Å². The highest BCUT2D eigenvalue weighted by molar-refractivity contribution is 8.00. The van der Waals surface area contributed by atoms with E-state index in [0.717, 1.165) is 11.8 Å². The number of rotatable bonds is 8. The first kappa shape index (κ1) is 22.0. The standard InChI is InChI=1S/C19H20N6O3S/c1-25(2)16(26)11-29-19-14(9-21)17(13(8-20)18(22)24-19)15-5-4-12(10-23-15)28-7-6-27-3/h4-5,10H,6-7,11H2,1-3H3,(H2,22,24). The van der Waals surface area contributed by atoms with Crippen molar-refractivity contribution in [1.82, 2.24) is 14.9 Å². The van der Waals surface area contributed by atoms with Gasteiger partial charge in [0.25, 0.3) is 0 Å². The topological polar surface area (TPSA) is 138 Å². The van der Waals surface area contributed by atoms with E-state index in [9.17, 15) is 15.3 Å². The predicted octanol–water partition coefficient (Wildman–Crippen LogP) is 1.67. The number of pyridine rings is 2. The van der Waals surface area contributed by atoms with E-state index in [1.807, 2.05) is 6.07 Å². The highest BCUT2D eigenvalue weighted by atomic mass is 32.2. The summed E-state index contributed by atoms with van der Waals surface area (Å²) in [6, 6.07) is 7.38. The quantitative estimate of drug-likeness (QED) is 0.506. The van der Waals surface area contributed by atoms with Gasteiger partial charge in [0.05, 0.1) is 29.8 Å². The Hall–Kier alpha value is -3.34. The summed E-state index contributed by atoms with van der Waals surface area (Å²) in [4.78, 5) is 21.8. The number of thioether (sulfide) groups is 1. The number of aromatic nitrogens is 2. The lowest BCUT2D eigenvalue weighted by atomic mass is 10.0. The molecule has 29 heavy (non-hydrogen) atoms. The van der Waals surface area contributed by atoms with E-state index in [1.54, 1.807) is 33.3 Å². The number of nitrogen functional groups attached to an aromatic ring is 1. The van der Waals surface area contributed by atoms with Crippen LogP contribution in [0.1, 0.15) is 11.1 Å². The number of nitrogens with zero attached hydrogens (tertiary/aromatic N) is 5. The minimum Gasteiger partial charge on any atom is -0.490 e. The van der Waals surface area contributed by atoms with Crippen molar-refractivity contribution >= 4 is 23.5 Å². The second kappa shape index (κ2) is 10.3. The molecule has 2 rings (SSSR count). The molecule has 0 aliphatic carbocycles. The highest BCUT2D eigenvalue weighted by Crippen LogP contribution is 2.35. The number of nitrogens with two attached hydrogens (primary N) is 1. The number of anilines is 1. The minimum atomic E-state index is -0.138. The van der Waals surface area contributed by atoms with Crippen molar-refractivity contribution in [1.29, 1.82) is 10.5 Å². The molecule has 0 aromatic carbocycles. The van der Waals surface area contributed by atoms with Gasteiger partial charge < -0.3 is 20.1 Å². The summed E-state index contributed by atoms with van der Waals surface area (Å²) in [7, 11) is 4.85. The molecule has 0 saturated carbocycles. The number of nitriles is 2. The van der Waals surface area contributed by atoms with E-state index in [2.05, 4.69) is 16.0 Å². The Kier molecular flexibility index (Phi) is 7.78. The molecule has 2 aromatic rings. The van der Waals surface area contributed by atoms with E-state index in [-0.39, 0.29) is 39.2 Å². The van der Waals surface area contributed by atoms with Crippen LogP contribution >= 0.6 is 11.8 Å². The van der Waals surface area contributed by atoms with Crippen molar-refractivity contribution in [2.24, 2.45) is 0 Å². The first-order valence-electron chi connectivity index (χ1n) is 8.47. The van der Waals surface area contributed by atoms with Crippen LogP contribution in [0.5, 0.6) is 5.75 Å². The van der Waals surface area contributed by atoms with Crippen molar-refractivity contribution in [3.05, 3.63) is 29.5 Å². The maximum absolute atomic E-state index is 11.9. The van der Waals surface area contributed by atoms with Crippen LogP contribution in [-0.2, 0) is 9.53 Å². The summed E-state index contributed by atoms with van der Waals surface area (Å²) in [5.41, 5.74) is 6.82. The summed E-state index contributed by atoms with van der Waals surface area (Å²) in [5.74, 6) is 0.444. The fourth-order valence-corrected chi connectivity index (χ4v) is 3.25. The molecule has 0 unspecified atom stereocenters. The lowest BCUT2D eigenvalue weighted by Gasteiger charge is -2.14. The van der Waals surface area contributed by atoms with Gasteiger partial charge in [-0.3, -0.25) is 9.78 Å². The molecule has 9 nitrogen and oxygen atoms in total. The molecule has 0 radical (unpaired) electrons. The molecule has 2 heterocycles. The molecule has 0 aliphatic rings. The van der Waals surface area contributed by atoms with Crippen molar-refractivity contribution in [3.8, 4) is 29.1 Å². The number of hydrogen-bond donors (Lipinski definition) is 1. The number of carbonyl (C=O) groups is 1. The fourth-order valence-electron chi connectivity index (χ4n) is 2.27. The third-order valence-corrected chi connectivity index (χ3v) is 4.76. The van der Waals surface area contributed by atoms with Crippen LogP contribution in [0.3, 0.4) is 0 Å². The molecule has 0 spiro atoms. The molecule has 1 amide bonds. The minimum absolute atomic E-state index is 0.0245. The van der Waals surface area contributed by atoms with Gasteiger partial charge in [0.1, 0.15) is 40.9 Å². The zero-order valence-corrected chi connectivity index (χ0v) is 17.1. The SMILES string of the molecule is COCCOc1ccc(-c2c(C#N)c(N)nc(SCC(=O)N(C)C)c2C#N)nc1. The molecule has 0 bridgehead atoms. The van der Waals surface area contributed by atoms with Gasteiger partial charge in [0, 0.05) is 26.8 Å². The second-order valence-electron chi connectivity index (χ2n) is 5.95. The Morgan fingerprint density at radius 1 is 1.24 bits per heavy atom. The van der Waals surface area contributed by atoms with E-state index in [4.69, 9.17) is 15.2 Å². The Labute approximate surface area is 173 Å². The summed E-state index contributed by atoms with van der Waals surface area (Å²) < 4.78 is 10.4. The van der Waals surface area contributed by atoms with Crippen LogP contribution < -0.4 is 10.5 Å². The number of ether oxygens (including phenoxy) is 2. The highest BCUT2D eigenvalue weighted by Gasteiger charge is 2.22. The largest absolute Gasteiger partial charge is 0.490 e. The maximum atomic E-state index is 11.9. The van der Waals surface area contributed by atoms with Crippen molar-refractivity contribution in [3.63, 3.8) is 0 Å². The molecule has 0 fully saturated rings. The normalized spacial score (nSPS) is 10.1.